The number of amides is 2. The Morgan fingerprint density at radius 1 is 1.25 bits per heavy atom. The number of hydrogen-bond donors (Lipinski definition) is 3. The summed E-state index contributed by atoms with van der Waals surface area (Å²) in [5, 5.41) is 11.6. The maximum atomic E-state index is 12.9. The van der Waals surface area contributed by atoms with Gasteiger partial charge in [0.05, 0.1) is 0 Å². The van der Waals surface area contributed by atoms with Crippen molar-refractivity contribution in [3.63, 3.8) is 0 Å². The first kappa shape index (κ1) is 27.0. The molecule has 2 aromatic rings. The van der Waals surface area contributed by atoms with Crippen LogP contribution >= 0.6 is 0 Å². The predicted molar refractivity (Wildman–Crippen MR) is 143 cm³/mol. The van der Waals surface area contributed by atoms with Gasteiger partial charge in [-0.2, -0.15) is 5.10 Å². The monoisotopic (exact) mass is 493 g/mol. The van der Waals surface area contributed by atoms with Crippen LogP contribution in [0.2, 0.25) is 0 Å². The number of likely N-dealkylation sites (N-methyl/N-ethyl adjacent to an activating group) is 1. The van der Waals surface area contributed by atoms with Gasteiger partial charge in [0.15, 0.2) is 5.82 Å². The van der Waals surface area contributed by atoms with E-state index in [1.54, 1.807) is 10.8 Å². The normalized spacial score (nSPS) is 16.5. The maximum Gasteiger partial charge on any atom is 0.284 e. The van der Waals surface area contributed by atoms with E-state index in [-0.39, 0.29) is 29.0 Å². The van der Waals surface area contributed by atoms with E-state index in [0.717, 1.165) is 30.1 Å². The van der Waals surface area contributed by atoms with E-state index >= 15 is 0 Å². The zero-order valence-corrected chi connectivity index (χ0v) is 22.3. The van der Waals surface area contributed by atoms with Crippen LogP contribution in [-0.2, 0) is 17.3 Å². The minimum atomic E-state index is -0.389. The molecule has 1 atom stereocenters. The number of carbonyl (C=O) groups is 2. The zero-order chi connectivity index (χ0) is 26.6. The molecule has 0 saturated carbocycles. The molecule has 9 heteroatoms. The number of allylic oxidation sites excluding steroid dienone is 1. The number of piperidine rings is 1. The van der Waals surface area contributed by atoms with E-state index in [1.165, 1.54) is 12.6 Å². The number of aromatic nitrogens is 2. The fourth-order valence-corrected chi connectivity index (χ4v) is 4.11. The van der Waals surface area contributed by atoms with Crippen molar-refractivity contribution in [1.82, 2.24) is 25.0 Å². The molecule has 1 aromatic carbocycles. The average molecular weight is 494 g/mol. The number of hydrogen-bond acceptors (Lipinski definition) is 6. The van der Waals surface area contributed by atoms with Gasteiger partial charge < -0.3 is 15.5 Å². The minimum Gasteiger partial charge on any atom is -0.370 e. The van der Waals surface area contributed by atoms with Crippen LogP contribution in [0.3, 0.4) is 0 Å². The lowest BCUT2D eigenvalue weighted by atomic mass is 9.86. The molecule has 3 rings (SSSR count). The largest absolute Gasteiger partial charge is 0.370 e. The second-order valence-electron chi connectivity index (χ2n) is 10.5. The summed E-state index contributed by atoms with van der Waals surface area (Å²) in [6, 6.07) is 9.60. The summed E-state index contributed by atoms with van der Waals surface area (Å²) >= 11 is 0. The molecule has 0 aliphatic carbocycles. The molecule has 0 spiro atoms. The number of anilines is 1. The van der Waals surface area contributed by atoms with Crippen LogP contribution in [0.15, 0.2) is 54.4 Å². The molecule has 0 bridgehead atoms. The smallest absolute Gasteiger partial charge is 0.284 e. The first-order valence-electron chi connectivity index (χ1n) is 12.2. The van der Waals surface area contributed by atoms with Crippen LogP contribution < -0.4 is 16.5 Å². The number of nitrogens with two attached hydrogens (primary N) is 1. The number of rotatable bonds is 7. The Morgan fingerprint density at radius 2 is 1.92 bits per heavy atom. The van der Waals surface area contributed by atoms with Crippen molar-refractivity contribution in [3.05, 3.63) is 71.2 Å². The van der Waals surface area contributed by atoms with Crippen molar-refractivity contribution in [2.24, 2.45) is 12.9 Å². The summed E-state index contributed by atoms with van der Waals surface area (Å²) in [6.45, 7) is 14.0. The molecule has 2 heterocycles. The lowest BCUT2D eigenvalue weighted by Gasteiger charge is -2.35. The second-order valence-corrected chi connectivity index (χ2v) is 10.5. The van der Waals surface area contributed by atoms with Crippen molar-refractivity contribution >= 4 is 17.6 Å². The number of nitrogens with one attached hydrogen (secondary N) is 2. The van der Waals surface area contributed by atoms with Crippen molar-refractivity contribution in [2.75, 3.05) is 25.5 Å². The van der Waals surface area contributed by atoms with Gasteiger partial charge in [0.2, 0.25) is 0 Å². The molecule has 1 aliphatic rings. The number of hydrazine groups is 1. The van der Waals surface area contributed by atoms with Crippen molar-refractivity contribution in [1.29, 1.82) is 0 Å². The number of aryl methyl sites for hydroxylation is 2. The molecule has 1 aliphatic heterocycles. The Balaban J connectivity index is 1.68. The van der Waals surface area contributed by atoms with E-state index < -0.39 is 0 Å². The summed E-state index contributed by atoms with van der Waals surface area (Å²) in [6.07, 6.45) is 3.46. The topological polar surface area (TPSA) is 109 Å². The average Bonchev–Trinajstić information content (AvgIpc) is 3.14. The SMILES string of the molecule is C=C(/C=C(/Nc1cc(C)n(C)n1)C(=O)N(C)N)N1CCC[C@@H](NC(=O)c2ccc(C(C)(C)C)cc2)C1. The summed E-state index contributed by atoms with van der Waals surface area (Å²) in [5.41, 5.74) is 3.76. The third-order valence-electron chi connectivity index (χ3n) is 6.41. The zero-order valence-electron chi connectivity index (χ0n) is 22.3. The fourth-order valence-electron chi connectivity index (χ4n) is 4.11. The first-order chi connectivity index (χ1) is 16.8. The Labute approximate surface area is 214 Å². The van der Waals surface area contributed by atoms with Gasteiger partial charge in [0, 0.05) is 56.2 Å². The summed E-state index contributed by atoms with van der Waals surface area (Å²) in [4.78, 5) is 27.7. The lowest BCUT2D eigenvalue weighted by Crippen LogP contribution is -2.47. The molecular weight excluding hydrogens is 454 g/mol. The molecule has 0 radical (unpaired) electrons. The lowest BCUT2D eigenvalue weighted by molar-refractivity contribution is -0.125. The van der Waals surface area contributed by atoms with Crippen molar-refractivity contribution < 1.29 is 9.59 Å². The minimum absolute atomic E-state index is 0.0265. The van der Waals surface area contributed by atoms with Gasteiger partial charge in [-0.15, -0.1) is 0 Å². The molecular formula is C27H39N7O2. The van der Waals surface area contributed by atoms with Gasteiger partial charge in [0.1, 0.15) is 5.70 Å². The van der Waals surface area contributed by atoms with Gasteiger partial charge in [-0.25, -0.2) is 5.84 Å². The van der Waals surface area contributed by atoms with Crippen LogP contribution in [0.4, 0.5) is 5.82 Å². The van der Waals surface area contributed by atoms with Crippen LogP contribution in [0.5, 0.6) is 0 Å². The third-order valence-corrected chi connectivity index (χ3v) is 6.41. The molecule has 9 nitrogen and oxygen atoms in total. The highest BCUT2D eigenvalue weighted by Crippen LogP contribution is 2.23. The van der Waals surface area contributed by atoms with Gasteiger partial charge in [-0.3, -0.25) is 19.3 Å². The molecule has 0 unspecified atom stereocenters. The van der Waals surface area contributed by atoms with E-state index in [2.05, 4.69) is 48.0 Å². The molecule has 1 saturated heterocycles. The first-order valence-corrected chi connectivity index (χ1v) is 12.2. The number of benzene rings is 1. The fraction of sp³-hybridized carbons (Fsp3) is 0.444. The molecule has 36 heavy (non-hydrogen) atoms. The standard InChI is InChI=1S/C27H39N7O2/c1-18-16-24(31-33(18)7)30-23(26(36)32(6)28)15-19(2)34-14-8-9-22(17-34)29-25(35)20-10-12-21(13-11-20)27(3,4)5/h10-13,15-16,22H,2,8-9,14,17,28H2,1,3-7H3,(H,29,35)(H,30,31)/b23-15+/t22-/m1/s1. The highest BCUT2D eigenvalue weighted by atomic mass is 16.2. The Morgan fingerprint density at radius 3 is 2.47 bits per heavy atom. The Kier molecular flexibility index (Phi) is 8.24. The van der Waals surface area contributed by atoms with Gasteiger partial charge >= 0.3 is 0 Å². The van der Waals surface area contributed by atoms with Crippen molar-refractivity contribution in [2.45, 2.75) is 52.0 Å². The predicted octanol–water partition coefficient (Wildman–Crippen LogP) is 3.06. The number of likely N-dealkylation sites (tertiary alicyclic amines) is 1. The molecule has 194 valence electrons. The molecule has 1 aromatic heterocycles. The summed E-state index contributed by atoms with van der Waals surface area (Å²) in [5.74, 6) is 5.80. The van der Waals surface area contributed by atoms with E-state index in [0.29, 0.717) is 23.6 Å². The number of carbonyl (C=O) groups excluding carboxylic acids is 2. The Hall–Kier alpha value is -3.59. The van der Waals surface area contributed by atoms with Gasteiger partial charge in [0.25, 0.3) is 11.8 Å². The van der Waals surface area contributed by atoms with E-state index in [1.807, 2.05) is 44.3 Å². The van der Waals surface area contributed by atoms with Gasteiger partial charge in [-0.1, -0.05) is 39.5 Å². The summed E-state index contributed by atoms with van der Waals surface area (Å²) < 4.78 is 1.72. The number of nitrogens with zero attached hydrogens (tertiary/aromatic N) is 4. The highest BCUT2D eigenvalue weighted by Gasteiger charge is 2.24. The quantitative estimate of drug-likeness (QED) is 0.180. The maximum absolute atomic E-state index is 12.9. The second kappa shape index (κ2) is 11.0. The van der Waals surface area contributed by atoms with Gasteiger partial charge in [-0.05, 0) is 49.0 Å². The van der Waals surface area contributed by atoms with Crippen LogP contribution in [0, 0.1) is 6.92 Å². The van der Waals surface area contributed by atoms with E-state index in [4.69, 9.17) is 5.84 Å². The van der Waals surface area contributed by atoms with E-state index in [9.17, 15) is 9.59 Å². The van der Waals surface area contributed by atoms with Crippen molar-refractivity contribution in [3.8, 4) is 0 Å². The van der Waals surface area contributed by atoms with Crippen LogP contribution in [0.1, 0.15) is 55.2 Å². The van der Waals surface area contributed by atoms with Crippen LogP contribution in [0.25, 0.3) is 0 Å². The highest BCUT2D eigenvalue weighted by molar-refractivity contribution is 5.96. The summed E-state index contributed by atoms with van der Waals surface area (Å²) in [7, 11) is 3.32. The molecule has 2 amide bonds. The molecule has 4 N–H and O–H groups in total. The van der Waals surface area contributed by atoms with Crippen LogP contribution in [-0.4, -0.2) is 57.7 Å². The molecule has 1 fully saturated rings. The Bertz CT molecular complexity index is 1120. The third kappa shape index (κ3) is 6.75.